The van der Waals surface area contributed by atoms with E-state index in [9.17, 15) is 0 Å². The summed E-state index contributed by atoms with van der Waals surface area (Å²) in [5.74, 6) is 0.765. The van der Waals surface area contributed by atoms with Gasteiger partial charge in [-0.1, -0.05) is 40.8 Å². The van der Waals surface area contributed by atoms with Gasteiger partial charge in [-0.05, 0) is 22.3 Å². The largest absolute Gasteiger partial charge is 0.0840 e. The molecule has 0 N–H and O–H groups in total. The zero-order valence-corrected chi connectivity index (χ0v) is 7.51. The summed E-state index contributed by atoms with van der Waals surface area (Å²) in [5, 5.41) is 0.788. The Kier molecular flexibility index (Phi) is 3.40. The minimum Gasteiger partial charge on any atom is -0.0840 e. The van der Waals surface area contributed by atoms with Gasteiger partial charge in [-0.2, -0.15) is 0 Å². The predicted molar refractivity (Wildman–Crippen MR) is 48.6 cm³/mol. The Morgan fingerprint density at radius 2 is 2.00 bits per heavy atom. The molecular formula is C7H6Cl2S. The van der Waals surface area contributed by atoms with Crippen LogP contribution in [0.3, 0.4) is 0 Å². The first-order valence-corrected chi connectivity index (χ1v) is 5.00. The van der Waals surface area contributed by atoms with Crippen molar-refractivity contribution in [2.75, 3.05) is 0 Å². The highest BCUT2D eigenvalue weighted by molar-refractivity contribution is 8.20. The SMILES string of the molecule is ClSCc1ccccc1Cl. The predicted octanol–water partition coefficient (Wildman–Crippen LogP) is 3.73. The van der Waals surface area contributed by atoms with Crippen LogP contribution in [-0.4, -0.2) is 0 Å². The molecule has 3 heteroatoms. The van der Waals surface area contributed by atoms with Crippen molar-refractivity contribution in [1.29, 1.82) is 0 Å². The van der Waals surface area contributed by atoms with Crippen LogP contribution in [0.25, 0.3) is 0 Å². The summed E-state index contributed by atoms with van der Waals surface area (Å²) in [7, 11) is 6.72. The molecule has 0 aliphatic carbocycles. The molecule has 0 aliphatic heterocycles. The van der Waals surface area contributed by atoms with E-state index in [1.54, 1.807) is 0 Å². The topological polar surface area (TPSA) is 0 Å². The maximum Gasteiger partial charge on any atom is 0.0446 e. The van der Waals surface area contributed by atoms with Gasteiger partial charge in [-0.15, -0.1) is 0 Å². The Morgan fingerprint density at radius 1 is 1.30 bits per heavy atom. The van der Waals surface area contributed by atoms with Gasteiger partial charge >= 0.3 is 0 Å². The molecule has 0 bridgehead atoms. The highest BCUT2D eigenvalue weighted by atomic mass is 35.7. The Bertz CT molecular complexity index is 213. The fourth-order valence-electron chi connectivity index (χ4n) is 0.674. The van der Waals surface area contributed by atoms with Gasteiger partial charge in [0.1, 0.15) is 0 Å². The highest BCUT2D eigenvalue weighted by Crippen LogP contribution is 2.22. The summed E-state index contributed by atoms with van der Waals surface area (Å²) in [6.07, 6.45) is 0. The van der Waals surface area contributed by atoms with Crippen molar-refractivity contribution in [3.05, 3.63) is 34.9 Å². The summed E-state index contributed by atoms with van der Waals surface area (Å²) in [5.41, 5.74) is 1.09. The van der Waals surface area contributed by atoms with Crippen LogP contribution in [-0.2, 0) is 5.75 Å². The Morgan fingerprint density at radius 3 is 2.60 bits per heavy atom. The lowest BCUT2D eigenvalue weighted by Gasteiger charge is -1.97. The molecule has 10 heavy (non-hydrogen) atoms. The van der Waals surface area contributed by atoms with Gasteiger partial charge in [0.15, 0.2) is 0 Å². The molecule has 0 nitrogen and oxygen atoms in total. The molecule has 0 amide bonds. The van der Waals surface area contributed by atoms with E-state index in [-0.39, 0.29) is 0 Å². The van der Waals surface area contributed by atoms with Gasteiger partial charge in [0.25, 0.3) is 0 Å². The molecule has 0 radical (unpaired) electrons. The molecule has 0 saturated carbocycles. The molecule has 54 valence electrons. The number of halogens is 2. The van der Waals surface area contributed by atoms with Crippen molar-refractivity contribution in [2.45, 2.75) is 5.75 Å². The van der Waals surface area contributed by atoms with Crippen molar-refractivity contribution in [2.24, 2.45) is 0 Å². The van der Waals surface area contributed by atoms with Crippen molar-refractivity contribution in [3.8, 4) is 0 Å². The molecule has 1 aromatic carbocycles. The fourth-order valence-corrected chi connectivity index (χ4v) is 1.68. The molecule has 0 aliphatic rings. The van der Waals surface area contributed by atoms with Crippen molar-refractivity contribution < 1.29 is 0 Å². The van der Waals surface area contributed by atoms with E-state index in [1.165, 1.54) is 11.0 Å². The van der Waals surface area contributed by atoms with Crippen molar-refractivity contribution in [3.63, 3.8) is 0 Å². The average Bonchev–Trinajstić information content (AvgIpc) is 1.94. The third-order valence-corrected chi connectivity index (χ3v) is 2.28. The summed E-state index contributed by atoms with van der Waals surface area (Å²) in [4.78, 5) is 0. The van der Waals surface area contributed by atoms with E-state index in [2.05, 4.69) is 0 Å². The van der Waals surface area contributed by atoms with Gasteiger partial charge in [0, 0.05) is 10.8 Å². The second-order valence-electron chi connectivity index (χ2n) is 1.84. The smallest absolute Gasteiger partial charge is 0.0446 e. The molecule has 1 aromatic rings. The van der Waals surface area contributed by atoms with Crippen LogP contribution in [0.1, 0.15) is 5.56 Å². The first kappa shape index (κ1) is 8.25. The second-order valence-corrected chi connectivity index (χ2v) is 3.41. The summed E-state index contributed by atoms with van der Waals surface area (Å²) in [6.45, 7) is 0. The zero-order valence-electron chi connectivity index (χ0n) is 5.18. The molecule has 0 spiro atoms. The summed E-state index contributed by atoms with van der Waals surface area (Å²) in [6, 6.07) is 7.70. The minimum atomic E-state index is 0.765. The monoisotopic (exact) mass is 192 g/mol. The molecule has 0 atom stereocenters. The highest BCUT2D eigenvalue weighted by Gasteiger charge is 1.95. The quantitative estimate of drug-likeness (QED) is 0.689. The number of benzene rings is 1. The Labute approximate surface area is 74.0 Å². The van der Waals surface area contributed by atoms with Crippen LogP contribution in [0.2, 0.25) is 5.02 Å². The van der Waals surface area contributed by atoms with E-state index >= 15 is 0 Å². The lowest BCUT2D eigenvalue weighted by atomic mass is 10.2. The van der Waals surface area contributed by atoms with Gasteiger partial charge in [-0.3, -0.25) is 0 Å². The normalized spacial score (nSPS) is 9.80. The van der Waals surface area contributed by atoms with Crippen LogP contribution < -0.4 is 0 Å². The van der Waals surface area contributed by atoms with E-state index in [0.29, 0.717) is 0 Å². The van der Waals surface area contributed by atoms with Gasteiger partial charge in [0.2, 0.25) is 0 Å². The van der Waals surface area contributed by atoms with Gasteiger partial charge in [-0.25, -0.2) is 0 Å². The first-order valence-electron chi connectivity index (χ1n) is 2.81. The lowest BCUT2D eigenvalue weighted by molar-refractivity contribution is 1.43. The van der Waals surface area contributed by atoms with Crippen molar-refractivity contribution >= 4 is 33.3 Å². The maximum absolute atomic E-state index is 5.83. The summed E-state index contributed by atoms with van der Waals surface area (Å²) < 4.78 is 0. The standard InChI is InChI=1S/C7H6Cl2S/c8-7-4-2-1-3-6(7)5-10-9/h1-4H,5H2. The molecular weight excluding hydrogens is 187 g/mol. The Balaban J connectivity index is 2.81. The molecule has 0 unspecified atom stereocenters. The first-order chi connectivity index (χ1) is 4.84. The van der Waals surface area contributed by atoms with E-state index in [1.807, 2.05) is 24.3 Å². The summed E-state index contributed by atoms with van der Waals surface area (Å²) >= 11 is 5.83. The van der Waals surface area contributed by atoms with E-state index in [4.69, 9.17) is 22.3 Å². The minimum absolute atomic E-state index is 0.765. The van der Waals surface area contributed by atoms with Crippen molar-refractivity contribution in [1.82, 2.24) is 0 Å². The lowest BCUT2D eigenvalue weighted by Crippen LogP contribution is -1.77. The molecule has 0 fully saturated rings. The Hall–Kier alpha value is 0.150. The van der Waals surface area contributed by atoms with Crippen LogP contribution >= 0.6 is 33.3 Å². The zero-order chi connectivity index (χ0) is 7.40. The third kappa shape index (κ3) is 2.08. The molecule has 0 aromatic heterocycles. The molecule has 1 rings (SSSR count). The number of hydrogen-bond donors (Lipinski definition) is 0. The molecule has 0 heterocycles. The second kappa shape index (κ2) is 4.12. The average molecular weight is 193 g/mol. The maximum atomic E-state index is 5.83. The fraction of sp³-hybridized carbons (Fsp3) is 0.143. The van der Waals surface area contributed by atoms with E-state index < -0.39 is 0 Å². The van der Waals surface area contributed by atoms with Gasteiger partial charge < -0.3 is 0 Å². The number of hydrogen-bond acceptors (Lipinski definition) is 1. The van der Waals surface area contributed by atoms with Crippen LogP contribution in [0.15, 0.2) is 24.3 Å². The number of rotatable bonds is 2. The van der Waals surface area contributed by atoms with Crippen LogP contribution in [0, 0.1) is 0 Å². The van der Waals surface area contributed by atoms with E-state index in [0.717, 1.165) is 16.3 Å². The van der Waals surface area contributed by atoms with Crippen LogP contribution in [0.5, 0.6) is 0 Å². The van der Waals surface area contributed by atoms with Crippen LogP contribution in [0.4, 0.5) is 0 Å². The third-order valence-electron chi connectivity index (χ3n) is 1.17. The molecule has 0 saturated heterocycles. The van der Waals surface area contributed by atoms with Gasteiger partial charge in [0.05, 0.1) is 0 Å².